The van der Waals surface area contributed by atoms with Crippen molar-refractivity contribution in [1.82, 2.24) is 15.1 Å². The minimum Gasteiger partial charge on any atom is -0.317 e. The minimum absolute atomic E-state index is 0.489. The van der Waals surface area contributed by atoms with Crippen molar-refractivity contribution in [2.24, 2.45) is 0 Å². The molecule has 3 nitrogen and oxygen atoms in total. The Bertz CT molecular complexity index is 278. The number of rotatable bonds is 5. The molecule has 0 bridgehead atoms. The van der Waals surface area contributed by atoms with E-state index >= 15 is 0 Å². The molecule has 3 heteroatoms. The van der Waals surface area contributed by atoms with Gasteiger partial charge in [0.05, 0.1) is 11.7 Å². The molecular weight excluding hydrogens is 174 g/mol. The van der Waals surface area contributed by atoms with Crippen LogP contribution in [0.3, 0.4) is 0 Å². The summed E-state index contributed by atoms with van der Waals surface area (Å²) in [6.07, 6.45) is 1.13. The van der Waals surface area contributed by atoms with Crippen molar-refractivity contribution in [3.05, 3.63) is 17.5 Å². The second-order valence-corrected chi connectivity index (χ2v) is 3.86. The first-order chi connectivity index (χ1) is 6.65. The summed E-state index contributed by atoms with van der Waals surface area (Å²) in [5.74, 6) is 0. The molecule has 1 heterocycles. The molecule has 1 rings (SSSR count). The molecule has 0 fully saturated rings. The van der Waals surface area contributed by atoms with Crippen LogP contribution in [-0.4, -0.2) is 22.9 Å². The van der Waals surface area contributed by atoms with E-state index in [4.69, 9.17) is 0 Å². The Balaban J connectivity index is 2.51. The van der Waals surface area contributed by atoms with Gasteiger partial charge >= 0.3 is 0 Å². The van der Waals surface area contributed by atoms with Crippen molar-refractivity contribution in [2.75, 3.05) is 13.1 Å². The number of aromatic nitrogens is 2. The lowest BCUT2D eigenvalue weighted by molar-refractivity contribution is 0.437. The highest BCUT2D eigenvalue weighted by atomic mass is 15.3. The average molecular weight is 195 g/mol. The maximum Gasteiger partial charge on any atom is 0.0596 e. The predicted octanol–water partition coefficient (Wildman–Crippen LogP) is 2.06. The normalized spacial score (nSPS) is 13.1. The minimum atomic E-state index is 0.489. The van der Waals surface area contributed by atoms with Crippen LogP contribution in [0.25, 0.3) is 0 Å². The lowest BCUT2D eigenvalue weighted by Crippen LogP contribution is -2.19. The van der Waals surface area contributed by atoms with Gasteiger partial charge in [-0.2, -0.15) is 5.10 Å². The SMILES string of the molecule is CCNCCC(C)n1nc(C)cc1C. The van der Waals surface area contributed by atoms with Crippen LogP contribution in [0.15, 0.2) is 6.07 Å². The molecule has 1 aromatic rings. The van der Waals surface area contributed by atoms with Gasteiger partial charge in [0.1, 0.15) is 0 Å². The molecule has 0 saturated heterocycles. The van der Waals surface area contributed by atoms with Gasteiger partial charge in [-0.15, -0.1) is 0 Å². The molecule has 0 aromatic carbocycles. The first-order valence-corrected chi connectivity index (χ1v) is 5.38. The van der Waals surface area contributed by atoms with Gasteiger partial charge in [-0.1, -0.05) is 6.92 Å². The Labute approximate surface area is 86.5 Å². The van der Waals surface area contributed by atoms with Gasteiger partial charge in [-0.05, 0) is 46.3 Å². The van der Waals surface area contributed by atoms with Crippen molar-refractivity contribution in [3.63, 3.8) is 0 Å². The van der Waals surface area contributed by atoms with Gasteiger partial charge in [0.2, 0.25) is 0 Å². The summed E-state index contributed by atoms with van der Waals surface area (Å²) in [5.41, 5.74) is 2.37. The second kappa shape index (κ2) is 5.15. The fourth-order valence-corrected chi connectivity index (χ4v) is 1.70. The molecule has 0 aliphatic rings. The zero-order chi connectivity index (χ0) is 10.6. The van der Waals surface area contributed by atoms with E-state index in [0.29, 0.717) is 6.04 Å². The highest BCUT2D eigenvalue weighted by Gasteiger charge is 2.08. The maximum absolute atomic E-state index is 4.48. The third-order valence-electron chi connectivity index (χ3n) is 2.45. The standard InChI is InChI=1S/C11H21N3/c1-5-12-7-6-10(3)14-11(4)8-9(2)13-14/h8,10,12H,5-7H2,1-4H3. The summed E-state index contributed by atoms with van der Waals surface area (Å²) in [6, 6.07) is 2.62. The monoisotopic (exact) mass is 195 g/mol. The van der Waals surface area contributed by atoms with Crippen LogP contribution >= 0.6 is 0 Å². The molecule has 0 spiro atoms. The quantitative estimate of drug-likeness (QED) is 0.729. The van der Waals surface area contributed by atoms with Gasteiger partial charge in [0, 0.05) is 5.69 Å². The lowest BCUT2D eigenvalue weighted by Gasteiger charge is -2.14. The molecule has 1 N–H and O–H groups in total. The van der Waals surface area contributed by atoms with E-state index in [0.717, 1.165) is 25.2 Å². The van der Waals surface area contributed by atoms with E-state index in [2.05, 4.69) is 41.9 Å². The Hall–Kier alpha value is -0.830. The van der Waals surface area contributed by atoms with E-state index in [9.17, 15) is 0 Å². The zero-order valence-corrected chi connectivity index (χ0v) is 9.67. The molecule has 0 amide bonds. The smallest absolute Gasteiger partial charge is 0.0596 e. The van der Waals surface area contributed by atoms with E-state index in [-0.39, 0.29) is 0 Å². The fraction of sp³-hybridized carbons (Fsp3) is 0.727. The first kappa shape index (κ1) is 11.2. The summed E-state index contributed by atoms with van der Waals surface area (Å²) >= 11 is 0. The largest absolute Gasteiger partial charge is 0.317 e. The average Bonchev–Trinajstić information content (AvgIpc) is 2.45. The molecule has 80 valence electrons. The van der Waals surface area contributed by atoms with Crippen LogP contribution < -0.4 is 5.32 Å². The number of nitrogens with one attached hydrogen (secondary N) is 1. The summed E-state index contributed by atoms with van der Waals surface area (Å²) in [5, 5.41) is 7.81. The molecule has 1 aromatic heterocycles. The van der Waals surface area contributed by atoms with E-state index in [1.54, 1.807) is 0 Å². The topological polar surface area (TPSA) is 29.9 Å². The van der Waals surface area contributed by atoms with Crippen molar-refractivity contribution in [2.45, 2.75) is 40.2 Å². The number of hydrogen-bond acceptors (Lipinski definition) is 2. The summed E-state index contributed by atoms with van der Waals surface area (Å²) in [6.45, 7) is 10.6. The van der Waals surface area contributed by atoms with Crippen LogP contribution in [0.4, 0.5) is 0 Å². The van der Waals surface area contributed by atoms with Crippen LogP contribution in [-0.2, 0) is 0 Å². The molecular formula is C11H21N3. The predicted molar refractivity (Wildman–Crippen MR) is 59.6 cm³/mol. The van der Waals surface area contributed by atoms with Gasteiger partial charge in [-0.3, -0.25) is 4.68 Å². The highest BCUT2D eigenvalue weighted by molar-refractivity contribution is 5.07. The number of nitrogens with zero attached hydrogens (tertiary/aromatic N) is 2. The third kappa shape index (κ3) is 2.84. The molecule has 0 radical (unpaired) electrons. The van der Waals surface area contributed by atoms with E-state index in [1.807, 2.05) is 6.92 Å². The van der Waals surface area contributed by atoms with Crippen LogP contribution in [0, 0.1) is 13.8 Å². The fourth-order valence-electron chi connectivity index (χ4n) is 1.70. The van der Waals surface area contributed by atoms with Crippen molar-refractivity contribution in [1.29, 1.82) is 0 Å². The molecule has 1 unspecified atom stereocenters. The first-order valence-electron chi connectivity index (χ1n) is 5.38. The summed E-state index contributed by atoms with van der Waals surface area (Å²) in [4.78, 5) is 0. The Kier molecular flexibility index (Phi) is 4.14. The van der Waals surface area contributed by atoms with Gasteiger partial charge < -0.3 is 5.32 Å². The third-order valence-corrected chi connectivity index (χ3v) is 2.45. The molecule has 0 saturated carbocycles. The lowest BCUT2D eigenvalue weighted by atomic mass is 10.2. The number of hydrogen-bond donors (Lipinski definition) is 1. The number of aryl methyl sites for hydroxylation is 2. The second-order valence-electron chi connectivity index (χ2n) is 3.86. The van der Waals surface area contributed by atoms with Crippen LogP contribution in [0.5, 0.6) is 0 Å². The van der Waals surface area contributed by atoms with Crippen molar-refractivity contribution in [3.8, 4) is 0 Å². The van der Waals surface area contributed by atoms with E-state index < -0.39 is 0 Å². The van der Waals surface area contributed by atoms with E-state index in [1.165, 1.54) is 5.69 Å². The van der Waals surface area contributed by atoms with Gasteiger partial charge in [0.25, 0.3) is 0 Å². The molecule has 1 atom stereocenters. The maximum atomic E-state index is 4.48. The summed E-state index contributed by atoms with van der Waals surface area (Å²) in [7, 11) is 0. The van der Waals surface area contributed by atoms with Crippen molar-refractivity contribution < 1.29 is 0 Å². The molecule has 0 aliphatic carbocycles. The van der Waals surface area contributed by atoms with Crippen LogP contribution in [0.2, 0.25) is 0 Å². The highest BCUT2D eigenvalue weighted by Crippen LogP contribution is 2.13. The molecule has 0 aliphatic heterocycles. The van der Waals surface area contributed by atoms with Gasteiger partial charge in [0.15, 0.2) is 0 Å². The Morgan fingerprint density at radius 2 is 2.21 bits per heavy atom. The molecule has 14 heavy (non-hydrogen) atoms. The summed E-state index contributed by atoms with van der Waals surface area (Å²) < 4.78 is 2.12. The van der Waals surface area contributed by atoms with Gasteiger partial charge in [-0.25, -0.2) is 0 Å². The zero-order valence-electron chi connectivity index (χ0n) is 9.67. The Morgan fingerprint density at radius 1 is 1.50 bits per heavy atom. The van der Waals surface area contributed by atoms with Crippen LogP contribution in [0.1, 0.15) is 37.7 Å². The Morgan fingerprint density at radius 3 is 2.71 bits per heavy atom. The van der Waals surface area contributed by atoms with Crippen molar-refractivity contribution >= 4 is 0 Å².